The second-order valence-corrected chi connectivity index (χ2v) is 3.34. The number of hydrogen-bond acceptors (Lipinski definition) is 2. The van der Waals surface area contributed by atoms with Crippen LogP contribution in [0.25, 0.3) is 12.2 Å². The molecule has 3 heteroatoms. The molecule has 0 unspecified atom stereocenters. The third-order valence-electron chi connectivity index (χ3n) is 1.49. The van der Waals surface area contributed by atoms with E-state index in [-0.39, 0.29) is 0 Å². The van der Waals surface area contributed by atoms with E-state index < -0.39 is 0 Å². The van der Waals surface area contributed by atoms with Gasteiger partial charge in [0.1, 0.15) is 0 Å². The van der Waals surface area contributed by atoms with Gasteiger partial charge >= 0.3 is 0 Å². The van der Waals surface area contributed by atoms with Crippen molar-refractivity contribution in [3.8, 4) is 0 Å². The van der Waals surface area contributed by atoms with Crippen molar-refractivity contribution in [2.45, 2.75) is 0 Å². The van der Waals surface area contributed by atoms with Crippen molar-refractivity contribution in [1.82, 2.24) is 10.2 Å². The van der Waals surface area contributed by atoms with Crippen LogP contribution in [0, 0.1) is 0 Å². The Morgan fingerprint density at radius 3 is 3.00 bits per heavy atom. The predicted molar refractivity (Wildman–Crippen MR) is 51.8 cm³/mol. The molecule has 0 fully saturated rings. The Morgan fingerprint density at radius 2 is 2.33 bits per heavy atom. The van der Waals surface area contributed by atoms with E-state index in [0.29, 0.717) is 0 Å². The highest BCUT2D eigenvalue weighted by Crippen LogP contribution is 2.11. The Morgan fingerprint density at radius 1 is 1.33 bits per heavy atom. The number of aromatic amines is 1. The predicted octanol–water partition coefficient (Wildman–Crippen LogP) is 2.64. The normalized spacial score (nSPS) is 11.0. The fraction of sp³-hybridized carbons (Fsp3) is 0. The third kappa shape index (κ3) is 1.62. The van der Waals surface area contributed by atoms with E-state index in [1.54, 1.807) is 17.5 Å². The average Bonchev–Trinajstić information content (AvgIpc) is 2.74. The fourth-order valence-corrected chi connectivity index (χ4v) is 1.54. The maximum atomic E-state index is 3.85. The molecule has 0 bridgehead atoms. The lowest BCUT2D eigenvalue weighted by Gasteiger charge is -1.82. The van der Waals surface area contributed by atoms with Crippen LogP contribution in [0.5, 0.6) is 0 Å². The summed E-state index contributed by atoms with van der Waals surface area (Å²) >= 11 is 1.72. The second kappa shape index (κ2) is 3.36. The Kier molecular flexibility index (Phi) is 2.05. The summed E-state index contributed by atoms with van der Waals surface area (Å²) in [6.07, 6.45) is 5.82. The summed E-state index contributed by atoms with van der Waals surface area (Å²) in [4.78, 5) is 1.25. The molecule has 0 atom stereocenters. The van der Waals surface area contributed by atoms with Crippen LogP contribution < -0.4 is 0 Å². The molecule has 2 aromatic rings. The minimum Gasteiger partial charge on any atom is -0.278 e. The molecule has 1 N–H and O–H groups in total. The van der Waals surface area contributed by atoms with Crippen LogP contribution >= 0.6 is 11.3 Å². The lowest BCUT2D eigenvalue weighted by atomic mass is 10.3. The van der Waals surface area contributed by atoms with Gasteiger partial charge in [0.05, 0.1) is 5.69 Å². The van der Waals surface area contributed by atoms with E-state index in [2.05, 4.69) is 27.7 Å². The average molecular weight is 176 g/mol. The summed E-state index contributed by atoms with van der Waals surface area (Å²) in [6, 6.07) is 6.05. The maximum absolute atomic E-state index is 3.85. The van der Waals surface area contributed by atoms with Crippen molar-refractivity contribution in [1.29, 1.82) is 0 Å². The van der Waals surface area contributed by atoms with Gasteiger partial charge in [0.25, 0.3) is 0 Å². The lowest BCUT2D eigenvalue weighted by molar-refractivity contribution is 1.08. The molecule has 2 aromatic heterocycles. The van der Waals surface area contributed by atoms with Crippen molar-refractivity contribution in [2.75, 3.05) is 0 Å². The van der Waals surface area contributed by atoms with Crippen LogP contribution in [0.2, 0.25) is 0 Å². The molecule has 0 amide bonds. The summed E-state index contributed by atoms with van der Waals surface area (Å²) in [6.45, 7) is 0. The highest BCUT2D eigenvalue weighted by Gasteiger charge is 1.87. The number of H-pyrrole nitrogens is 1. The highest BCUT2D eigenvalue weighted by atomic mass is 32.1. The van der Waals surface area contributed by atoms with E-state index in [0.717, 1.165) is 5.69 Å². The molecule has 0 aliphatic heterocycles. The van der Waals surface area contributed by atoms with E-state index in [1.165, 1.54) is 4.88 Å². The standard InChI is InChI=1S/C9H8N2S/c1-2-9(12-7-1)4-3-8-5-6-10-11-8/h1-7H,(H,10,11). The number of aromatic nitrogens is 2. The largest absolute Gasteiger partial charge is 0.278 e. The SMILES string of the molecule is C(=Cc1cccs1)c1ccn[nH]1. The van der Waals surface area contributed by atoms with Gasteiger partial charge in [-0.15, -0.1) is 11.3 Å². The van der Waals surface area contributed by atoms with Crippen molar-refractivity contribution in [3.63, 3.8) is 0 Å². The molecule has 0 aromatic carbocycles. The molecule has 2 heterocycles. The van der Waals surface area contributed by atoms with Crippen LogP contribution in [0.15, 0.2) is 29.8 Å². The van der Waals surface area contributed by atoms with Gasteiger partial charge in [-0.3, -0.25) is 5.10 Å². The smallest absolute Gasteiger partial charge is 0.0578 e. The first-order valence-electron chi connectivity index (χ1n) is 3.66. The van der Waals surface area contributed by atoms with Crippen LogP contribution in [0.1, 0.15) is 10.6 Å². The van der Waals surface area contributed by atoms with Crippen molar-refractivity contribution in [3.05, 3.63) is 40.3 Å². The Labute approximate surface area is 74.6 Å². The molecule has 0 saturated carbocycles. The second-order valence-electron chi connectivity index (χ2n) is 2.36. The molecule has 0 radical (unpaired) electrons. The minimum absolute atomic E-state index is 1.03. The Balaban J connectivity index is 2.14. The topological polar surface area (TPSA) is 28.7 Å². The number of nitrogens with one attached hydrogen (secondary N) is 1. The number of nitrogens with zero attached hydrogens (tertiary/aromatic N) is 1. The quantitative estimate of drug-likeness (QED) is 0.748. The maximum Gasteiger partial charge on any atom is 0.0578 e. The molecule has 0 saturated heterocycles. The van der Waals surface area contributed by atoms with Gasteiger partial charge in [-0.25, -0.2) is 0 Å². The molecule has 0 aliphatic carbocycles. The number of hydrogen-bond donors (Lipinski definition) is 1. The molecule has 12 heavy (non-hydrogen) atoms. The summed E-state index contributed by atoms with van der Waals surface area (Å²) in [7, 11) is 0. The van der Waals surface area contributed by atoms with Gasteiger partial charge < -0.3 is 0 Å². The van der Waals surface area contributed by atoms with Crippen molar-refractivity contribution in [2.24, 2.45) is 0 Å². The molecular formula is C9H8N2S. The van der Waals surface area contributed by atoms with E-state index in [9.17, 15) is 0 Å². The van der Waals surface area contributed by atoms with Gasteiger partial charge in [0.2, 0.25) is 0 Å². The zero-order chi connectivity index (χ0) is 8.23. The third-order valence-corrected chi connectivity index (χ3v) is 2.33. The monoisotopic (exact) mass is 176 g/mol. The fourth-order valence-electron chi connectivity index (χ4n) is 0.917. The van der Waals surface area contributed by atoms with Gasteiger partial charge in [-0.2, -0.15) is 5.10 Å². The summed E-state index contributed by atoms with van der Waals surface area (Å²) in [5, 5.41) is 8.78. The molecule has 0 aliphatic rings. The van der Waals surface area contributed by atoms with E-state index in [4.69, 9.17) is 0 Å². The van der Waals surface area contributed by atoms with Crippen LogP contribution in [0.3, 0.4) is 0 Å². The van der Waals surface area contributed by atoms with E-state index >= 15 is 0 Å². The number of rotatable bonds is 2. The first kappa shape index (κ1) is 7.31. The summed E-state index contributed by atoms with van der Waals surface area (Å²) in [5.74, 6) is 0. The Bertz CT molecular complexity index is 310. The zero-order valence-corrected chi connectivity index (χ0v) is 7.21. The van der Waals surface area contributed by atoms with Crippen molar-refractivity contribution >= 4 is 23.5 Å². The number of thiophene rings is 1. The van der Waals surface area contributed by atoms with Gasteiger partial charge in [0, 0.05) is 11.1 Å². The Hall–Kier alpha value is -1.35. The highest BCUT2D eigenvalue weighted by molar-refractivity contribution is 7.10. The molecule has 2 rings (SSSR count). The first-order valence-corrected chi connectivity index (χ1v) is 4.54. The van der Waals surface area contributed by atoms with Crippen molar-refractivity contribution < 1.29 is 0 Å². The molecule has 60 valence electrons. The van der Waals surface area contributed by atoms with Crippen LogP contribution in [-0.4, -0.2) is 10.2 Å². The van der Waals surface area contributed by atoms with Gasteiger partial charge in [0.15, 0.2) is 0 Å². The molecule has 2 nitrogen and oxygen atoms in total. The lowest BCUT2D eigenvalue weighted by Crippen LogP contribution is -1.69. The minimum atomic E-state index is 1.03. The first-order chi connectivity index (χ1) is 5.95. The van der Waals surface area contributed by atoms with Crippen LogP contribution in [0.4, 0.5) is 0 Å². The summed E-state index contributed by atoms with van der Waals surface area (Å²) < 4.78 is 0. The molecular weight excluding hydrogens is 168 g/mol. The van der Waals surface area contributed by atoms with Gasteiger partial charge in [-0.1, -0.05) is 6.07 Å². The van der Waals surface area contributed by atoms with E-state index in [1.807, 2.05) is 18.2 Å². The van der Waals surface area contributed by atoms with Gasteiger partial charge in [-0.05, 0) is 29.7 Å². The zero-order valence-electron chi connectivity index (χ0n) is 6.40. The molecule has 0 spiro atoms. The summed E-state index contributed by atoms with van der Waals surface area (Å²) in [5.41, 5.74) is 1.03. The van der Waals surface area contributed by atoms with Crippen LogP contribution in [-0.2, 0) is 0 Å².